The Morgan fingerprint density at radius 1 is 1.17 bits per heavy atom. The van der Waals surface area contributed by atoms with Crippen LogP contribution in [0.2, 0.25) is 0 Å². The third-order valence-corrected chi connectivity index (χ3v) is 3.85. The lowest BCUT2D eigenvalue weighted by Crippen LogP contribution is -2.44. The van der Waals surface area contributed by atoms with Gasteiger partial charge in [-0.3, -0.25) is 4.99 Å². The average Bonchev–Trinajstić information content (AvgIpc) is 2.41. The molecule has 4 nitrogen and oxygen atoms in total. The maximum Gasteiger partial charge on any atom is 0.191 e. The molecule has 23 heavy (non-hydrogen) atoms. The molecule has 0 bridgehead atoms. The minimum absolute atomic E-state index is 0. The van der Waals surface area contributed by atoms with Crippen LogP contribution in [0.1, 0.15) is 30.5 Å². The van der Waals surface area contributed by atoms with Crippen molar-refractivity contribution in [1.29, 1.82) is 0 Å². The molecule has 2 rings (SSSR count). The van der Waals surface area contributed by atoms with Crippen molar-refractivity contribution in [2.45, 2.75) is 34.1 Å². The zero-order valence-electron chi connectivity index (χ0n) is 14.7. The fourth-order valence-electron chi connectivity index (χ4n) is 2.69. The molecule has 0 saturated carbocycles. The summed E-state index contributed by atoms with van der Waals surface area (Å²) in [4.78, 5) is 4.69. The van der Waals surface area contributed by atoms with Crippen LogP contribution in [0.5, 0.6) is 0 Å². The predicted octanol–water partition coefficient (Wildman–Crippen LogP) is 3.06. The van der Waals surface area contributed by atoms with Crippen molar-refractivity contribution >= 4 is 29.9 Å². The summed E-state index contributed by atoms with van der Waals surface area (Å²) in [5, 5.41) is 6.74. The first kappa shape index (κ1) is 20.2. The van der Waals surface area contributed by atoms with Crippen molar-refractivity contribution in [3.05, 3.63) is 34.9 Å². The van der Waals surface area contributed by atoms with Crippen LogP contribution in [0.3, 0.4) is 0 Å². The van der Waals surface area contributed by atoms with Gasteiger partial charge in [0.2, 0.25) is 0 Å². The number of nitrogens with one attached hydrogen (secondary N) is 2. The van der Waals surface area contributed by atoms with Gasteiger partial charge in [0.05, 0.1) is 19.8 Å². The molecule has 1 heterocycles. The molecule has 130 valence electrons. The molecule has 0 spiro atoms. The van der Waals surface area contributed by atoms with E-state index in [4.69, 9.17) is 4.74 Å². The van der Waals surface area contributed by atoms with E-state index >= 15 is 0 Å². The van der Waals surface area contributed by atoms with E-state index in [1.165, 1.54) is 16.7 Å². The third kappa shape index (κ3) is 6.67. The van der Waals surface area contributed by atoms with Gasteiger partial charge in [0.25, 0.3) is 0 Å². The van der Waals surface area contributed by atoms with Crippen LogP contribution in [-0.2, 0) is 11.2 Å². The Bertz CT molecular complexity index is 507. The molecular formula is C18H30IN3O. The molecule has 1 aliphatic heterocycles. The van der Waals surface area contributed by atoms with Crippen LogP contribution < -0.4 is 10.6 Å². The second kappa shape index (κ2) is 9.47. The fraction of sp³-hybridized carbons (Fsp3) is 0.611. The topological polar surface area (TPSA) is 45.7 Å². The Morgan fingerprint density at radius 3 is 2.35 bits per heavy atom. The monoisotopic (exact) mass is 431 g/mol. The predicted molar refractivity (Wildman–Crippen MR) is 108 cm³/mol. The van der Waals surface area contributed by atoms with Gasteiger partial charge >= 0.3 is 0 Å². The highest BCUT2D eigenvalue weighted by molar-refractivity contribution is 14.0. The van der Waals surface area contributed by atoms with Gasteiger partial charge in [0.1, 0.15) is 0 Å². The molecule has 0 aromatic heterocycles. The Balaban J connectivity index is 0.00000264. The first-order valence-electron chi connectivity index (χ1n) is 8.18. The maximum absolute atomic E-state index is 5.28. The molecule has 0 atom stereocenters. The van der Waals surface area contributed by atoms with Crippen molar-refractivity contribution in [3.63, 3.8) is 0 Å². The zero-order valence-corrected chi connectivity index (χ0v) is 17.1. The van der Waals surface area contributed by atoms with Gasteiger partial charge in [-0.2, -0.15) is 0 Å². The van der Waals surface area contributed by atoms with Crippen molar-refractivity contribution in [2.75, 3.05) is 32.8 Å². The highest BCUT2D eigenvalue weighted by atomic mass is 127. The summed E-state index contributed by atoms with van der Waals surface area (Å²) >= 11 is 0. The van der Waals surface area contributed by atoms with Gasteiger partial charge in [0.15, 0.2) is 5.96 Å². The molecule has 1 aromatic rings. The van der Waals surface area contributed by atoms with Crippen molar-refractivity contribution in [2.24, 2.45) is 10.4 Å². The highest BCUT2D eigenvalue weighted by Crippen LogP contribution is 2.26. The molecule has 1 aliphatic rings. The lowest BCUT2D eigenvalue weighted by atomic mass is 9.89. The first-order chi connectivity index (χ1) is 10.5. The first-order valence-corrected chi connectivity index (χ1v) is 8.18. The average molecular weight is 431 g/mol. The summed E-state index contributed by atoms with van der Waals surface area (Å²) < 4.78 is 5.28. The Kier molecular flexibility index (Phi) is 8.33. The molecule has 0 unspecified atom stereocenters. The molecule has 0 aliphatic carbocycles. The third-order valence-electron chi connectivity index (χ3n) is 3.85. The summed E-state index contributed by atoms with van der Waals surface area (Å²) in [7, 11) is 0. The molecule has 0 radical (unpaired) electrons. The summed E-state index contributed by atoms with van der Waals surface area (Å²) in [5.74, 6) is 0.903. The number of hydrogen-bond donors (Lipinski definition) is 2. The molecule has 1 fully saturated rings. The van der Waals surface area contributed by atoms with Gasteiger partial charge in [-0.05, 0) is 32.8 Å². The number of ether oxygens (including phenoxy) is 1. The van der Waals surface area contributed by atoms with Gasteiger partial charge in [-0.25, -0.2) is 0 Å². The lowest BCUT2D eigenvalue weighted by molar-refractivity contribution is -0.0945. The highest BCUT2D eigenvalue weighted by Gasteiger charge is 2.33. The number of nitrogens with zero attached hydrogens (tertiary/aromatic N) is 1. The van der Waals surface area contributed by atoms with E-state index in [0.717, 1.165) is 45.2 Å². The van der Waals surface area contributed by atoms with E-state index in [2.05, 4.69) is 61.5 Å². The number of rotatable bonds is 6. The van der Waals surface area contributed by atoms with E-state index in [-0.39, 0.29) is 29.4 Å². The van der Waals surface area contributed by atoms with E-state index in [1.807, 2.05) is 0 Å². The number of guanidine groups is 1. The van der Waals surface area contributed by atoms with Crippen LogP contribution in [0.25, 0.3) is 0 Å². The van der Waals surface area contributed by atoms with Gasteiger partial charge in [0, 0.05) is 18.5 Å². The number of halogens is 1. The SMILES string of the molecule is CCNC(=NCC1(C)COC1)NCCc1cc(C)cc(C)c1.I. The summed E-state index contributed by atoms with van der Waals surface area (Å²) in [5.41, 5.74) is 4.25. The van der Waals surface area contributed by atoms with E-state index < -0.39 is 0 Å². The molecular weight excluding hydrogens is 401 g/mol. The quantitative estimate of drug-likeness (QED) is 0.414. The molecule has 0 amide bonds. The van der Waals surface area contributed by atoms with E-state index in [0.29, 0.717) is 0 Å². The van der Waals surface area contributed by atoms with Gasteiger partial charge in [-0.1, -0.05) is 36.2 Å². The summed E-state index contributed by atoms with van der Waals surface area (Å²) in [6, 6.07) is 6.72. The van der Waals surface area contributed by atoms with Crippen LogP contribution in [-0.4, -0.2) is 38.8 Å². The van der Waals surface area contributed by atoms with Crippen molar-refractivity contribution in [3.8, 4) is 0 Å². The van der Waals surface area contributed by atoms with E-state index in [9.17, 15) is 0 Å². The fourth-order valence-corrected chi connectivity index (χ4v) is 2.69. The van der Waals surface area contributed by atoms with Crippen LogP contribution in [0.15, 0.2) is 23.2 Å². The van der Waals surface area contributed by atoms with Crippen molar-refractivity contribution in [1.82, 2.24) is 10.6 Å². The smallest absolute Gasteiger partial charge is 0.191 e. The van der Waals surface area contributed by atoms with Crippen molar-refractivity contribution < 1.29 is 4.74 Å². The molecule has 2 N–H and O–H groups in total. The van der Waals surface area contributed by atoms with E-state index in [1.54, 1.807) is 0 Å². The normalized spacial score (nSPS) is 16.3. The minimum Gasteiger partial charge on any atom is -0.380 e. The standard InChI is InChI=1S/C18H29N3O.HI/c1-5-19-17(21-11-18(4)12-22-13-18)20-7-6-16-9-14(2)8-15(3)10-16;/h8-10H,5-7,11-13H2,1-4H3,(H2,19,20,21);1H. The Morgan fingerprint density at radius 2 is 1.83 bits per heavy atom. The summed E-state index contributed by atoms with van der Waals surface area (Å²) in [6.07, 6.45) is 1.01. The van der Waals surface area contributed by atoms with Gasteiger partial charge in [-0.15, -0.1) is 24.0 Å². The molecule has 5 heteroatoms. The number of hydrogen-bond acceptors (Lipinski definition) is 2. The van der Waals surface area contributed by atoms with Crippen LogP contribution in [0.4, 0.5) is 0 Å². The molecule has 1 aromatic carbocycles. The molecule has 1 saturated heterocycles. The second-order valence-corrected chi connectivity index (χ2v) is 6.67. The zero-order chi connectivity index (χ0) is 16.0. The number of aryl methyl sites for hydroxylation is 2. The van der Waals surface area contributed by atoms with Crippen LogP contribution in [0, 0.1) is 19.3 Å². The van der Waals surface area contributed by atoms with Crippen LogP contribution >= 0.6 is 24.0 Å². The Labute approximate surface area is 157 Å². The number of benzene rings is 1. The Hall–Kier alpha value is -0.820. The lowest BCUT2D eigenvalue weighted by Gasteiger charge is -2.36. The number of aliphatic imine (C=N–C) groups is 1. The minimum atomic E-state index is 0. The largest absolute Gasteiger partial charge is 0.380 e. The summed E-state index contributed by atoms with van der Waals surface area (Å²) in [6.45, 7) is 12.8. The maximum atomic E-state index is 5.28. The van der Waals surface area contributed by atoms with Gasteiger partial charge < -0.3 is 15.4 Å². The second-order valence-electron chi connectivity index (χ2n) is 6.67.